The van der Waals surface area contributed by atoms with Gasteiger partial charge < -0.3 is 15.1 Å². The van der Waals surface area contributed by atoms with Crippen molar-refractivity contribution in [2.75, 3.05) is 43.4 Å². The lowest BCUT2D eigenvalue weighted by Crippen LogP contribution is -2.45. The molecule has 0 unspecified atom stereocenters. The van der Waals surface area contributed by atoms with Crippen LogP contribution in [0.5, 0.6) is 0 Å². The van der Waals surface area contributed by atoms with E-state index in [1.165, 1.54) is 0 Å². The Balaban J connectivity index is 1.77. The molecule has 1 fully saturated rings. The highest BCUT2D eigenvalue weighted by molar-refractivity contribution is 5.89. The van der Waals surface area contributed by atoms with Gasteiger partial charge in [-0.1, -0.05) is 13.0 Å². The molecule has 1 aliphatic heterocycles. The normalized spacial score (nSPS) is 15.2. The third-order valence-corrected chi connectivity index (χ3v) is 4.50. The number of rotatable bonds is 6. The van der Waals surface area contributed by atoms with Gasteiger partial charge in [-0.05, 0) is 25.6 Å². The maximum atomic E-state index is 5.90. The van der Waals surface area contributed by atoms with Gasteiger partial charge in [-0.2, -0.15) is 0 Å². The fraction of sp³-hybridized carbons (Fsp3) is 0.444. The fourth-order valence-electron chi connectivity index (χ4n) is 2.95. The van der Waals surface area contributed by atoms with Gasteiger partial charge in [0.15, 0.2) is 6.21 Å². The topological polar surface area (TPSA) is 82.8 Å². The summed E-state index contributed by atoms with van der Waals surface area (Å²) in [5.41, 5.74) is 2.92. The van der Waals surface area contributed by atoms with Crippen molar-refractivity contribution in [3.63, 3.8) is 0 Å². The van der Waals surface area contributed by atoms with Crippen molar-refractivity contribution in [3.8, 4) is 0 Å². The van der Waals surface area contributed by atoms with Gasteiger partial charge in [0.05, 0.1) is 12.2 Å². The van der Waals surface area contributed by atoms with E-state index in [1.807, 2.05) is 18.2 Å². The van der Waals surface area contributed by atoms with Gasteiger partial charge in [0.25, 0.3) is 0 Å². The minimum atomic E-state index is 0.605. The lowest BCUT2D eigenvalue weighted by atomic mass is 10.2. The zero-order valence-corrected chi connectivity index (χ0v) is 14.9. The van der Waals surface area contributed by atoms with Gasteiger partial charge >= 0.3 is 0 Å². The molecule has 0 aromatic carbocycles. The Labute approximate surface area is 148 Å². The van der Waals surface area contributed by atoms with E-state index in [2.05, 4.69) is 44.0 Å². The van der Waals surface area contributed by atoms with Gasteiger partial charge in [-0.15, -0.1) is 0 Å². The maximum Gasteiger partial charge on any atom is 0.174 e. The largest absolute Gasteiger partial charge is 0.364 e. The Morgan fingerprint density at radius 1 is 1.16 bits per heavy atom. The molecule has 0 amide bonds. The molecule has 7 nitrogen and oxygen atoms in total. The van der Waals surface area contributed by atoms with Gasteiger partial charge in [-0.25, -0.2) is 9.97 Å². The minimum absolute atomic E-state index is 0.605. The van der Waals surface area contributed by atoms with Crippen LogP contribution in [-0.2, 0) is 13.0 Å². The third-order valence-electron chi connectivity index (χ3n) is 4.50. The average Bonchev–Trinajstić information content (AvgIpc) is 2.66. The molecule has 0 radical (unpaired) electrons. The van der Waals surface area contributed by atoms with Crippen LogP contribution in [0.15, 0.2) is 24.5 Å². The molecule has 7 heteroatoms. The molecule has 1 saturated heterocycles. The lowest BCUT2D eigenvalue weighted by Gasteiger charge is -2.33. The molecule has 2 aromatic heterocycles. The summed E-state index contributed by atoms with van der Waals surface area (Å²) < 4.78 is 0. The number of aromatic nitrogens is 3. The number of pyridine rings is 1. The summed E-state index contributed by atoms with van der Waals surface area (Å²) in [4.78, 5) is 18.0. The van der Waals surface area contributed by atoms with E-state index in [0.29, 0.717) is 6.54 Å². The van der Waals surface area contributed by atoms with E-state index in [1.54, 1.807) is 12.5 Å². The second kappa shape index (κ2) is 8.02. The molecule has 3 rings (SSSR count). The molecule has 3 N–H and O–H groups in total. The highest BCUT2D eigenvalue weighted by Crippen LogP contribution is 2.22. The zero-order valence-electron chi connectivity index (χ0n) is 14.9. The summed E-state index contributed by atoms with van der Waals surface area (Å²) in [5, 5.41) is 9.26. The van der Waals surface area contributed by atoms with Crippen LogP contribution >= 0.6 is 0 Å². The molecule has 1 aliphatic rings. The molecule has 0 bridgehead atoms. The number of nitrogens with zero attached hydrogens (tertiary/aromatic N) is 5. The number of hydrogen-bond acceptors (Lipinski definition) is 6. The molecule has 2 aromatic rings. The summed E-state index contributed by atoms with van der Waals surface area (Å²) in [6.45, 7) is 6.62. The first-order valence-corrected chi connectivity index (χ1v) is 8.73. The Morgan fingerprint density at radius 2 is 1.92 bits per heavy atom. The number of piperazine rings is 1. The van der Waals surface area contributed by atoms with Gasteiger partial charge in [-0.3, -0.25) is 10.4 Å². The van der Waals surface area contributed by atoms with E-state index in [0.717, 1.165) is 61.2 Å². The first kappa shape index (κ1) is 17.3. The van der Waals surface area contributed by atoms with Crippen LogP contribution in [0.1, 0.15) is 23.9 Å². The van der Waals surface area contributed by atoms with Crippen molar-refractivity contribution in [3.05, 3.63) is 41.5 Å². The second-order valence-corrected chi connectivity index (χ2v) is 6.24. The first-order valence-electron chi connectivity index (χ1n) is 8.73. The number of aryl methyl sites for hydroxylation is 1. The predicted molar refractivity (Wildman–Crippen MR) is 99.8 cm³/mol. The average molecular weight is 340 g/mol. The highest BCUT2D eigenvalue weighted by atomic mass is 15.3. The van der Waals surface area contributed by atoms with Gasteiger partial charge in [0.1, 0.15) is 23.5 Å². The van der Waals surface area contributed by atoms with E-state index >= 15 is 0 Å². The van der Waals surface area contributed by atoms with Crippen LogP contribution in [0.3, 0.4) is 0 Å². The van der Waals surface area contributed by atoms with Crippen LogP contribution in [-0.4, -0.2) is 59.3 Å². The lowest BCUT2D eigenvalue weighted by molar-refractivity contribution is -0.104. The number of likely N-dealkylation sites (N-methyl/N-ethyl adjacent to an activating group) is 1. The molecule has 3 heterocycles. The second-order valence-electron chi connectivity index (χ2n) is 6.24. The summed E-state index contributed by atoms with van der Waals surface area (Å²) in [6.07, 6.45) is 4.11. The highest BCUT2D eigenvalue weighted by Gasteiger charge is 2.21. The van der Waals surface area contributed by atoms with Crippen LogP contribution in [0.25, 0.3) is 0 Å². The number of anilines is 2. The molecule has 0 saturated carbocycles. The zero-order chi connectivity index (χ0) is 17.6. The molecule has 0 spiro atoms. The fourth-order valence-corrected chi connectivity index (χ4v) is 2.95. The smallest absolute Gasteiger partial charge is 0.174 e. The van der Waals surface area contributed by atoms with Crippen molar-refractivity contribution in [1.29, 1.82) is 0 Å². The van der Waals surface area contributed by atoms with Crippen LogP contribution in [0.4, 0.5) is 11.6 Å². The number of hydrogen-bond donors (Lipinski definition) is 2. The van der Waals surface area contributed by atoms with Gasteiger partial charge in [0.2, 0.25) is 0 Å². The Hall–Kier alpha value is -2.54. The monoisotopic (exact) mass is 340 g/mol. The Morgan fingerprint density at radius 3 is 2.64 bits per heavy atom. The van der Waals surface area contributed by atoms with Crippen LogP contribution in [0.2, 0.25) is 0 Å². The first-order chi connectivity index (χ1) is 12.2. The summed E-state index contributed by atoms with van der Waals surface area (Å²) in [6, 6.07) is 6.09. The maximum absolute atomic E-state index is 5.90. The van der Waals surface area contributed by atoms with Crippen molar-refractivity contribution in [1.82, 2.24) is 19.9 Å². The number of nitrogens with two attached hydrogens (primary N) is 1. The van der Waals surface area contributed by atoms with Crippen LogP contribution < -0.4 is 15.6 Å². The van der Waals surface area contributed by atoms with Crippen LogP contribution in [0, 0.1) is 0 Å². The Kier molecular flexibility index (Phi) is 5.55. The standard InChI is InChI=1S/C18H25N7/c1-3-14-5-4-6-15(23-14)12-20-17-16(11-19)18(22-13-21-17)25-9-7-24(2)8-10-25/h4-6,11,13,19H,3,7-10,12H2,1-2H3,(H,20,21,22)/p+1. The molecule has 0 atom stereocenters. The minimum Gasteiger partial charge on any atom is -0.364 e. The summed E-state index contributed by atoms with van der Waals surface area (Å²) in [5.74, 6) is 1.64. The van der Waals surface area contributed by atoms with Crippen molar-refractivity contribution < 1.29 is 5.41 Å². The summed E-state index contributed by atoms with van der Waals surface area (Å²) >= 11 is 0. The van der Waals surface area contributed by atoms with E-state index in [9.17, 15) is 0 Å². The number of nitrogens with one attached hydrogen (secondary N) is 1. The Bertz CT molecular complexity index is 723. The van der Waals surface area contributed by atoms with E-state index in [4.69, 9.17) is 5.41 Å². The SMILES string of the molecule is CCc1cccc(CNc2ncnc(N3CCN(C)CC3)c2C=[NH2+])n1. The molecule has 0 aliphatic carbocycles. The quantitative estimate of drug-likeness (QED) is 0.719. The van der Waals surface area contributed by atoms with Crippen molar-refractivity contribution in [2.45, 2.75) is 19.9 Å². The predicted octanol–water partition coefficient (Wildman–Crippen LogP) is -0.0241. The van der Waals surface area contributed by atoms with Gasteiger partial charge in [0, 0.05) is 31.9 Å². The molecule has 25 heavy (non-hydrogen) atoms. The molecular formula is C18H26N7+. The van der Waals surface area contributed by atoms with Crippen molar-refractivity contribution >= 4 is 17.9 Å². The van der Waals surface area contributed by atoms with E-state index < -0.39 is 0 Å². The summed E-state index contributed by atoms with van der Waals surface area (Å²) in [7, 11) is 2.14. The molecule has 132 valence electrons. The molecular weight excluding hydrogens is 314 g/mol. The van der Waals surface area contributed by atoms with E-state index in [-0.39, 0.29) is 0 Å². The third kappa shape index (κ3) is 4.11. The van der Waals surface area contributed by atoms with Crippen molar-refractivity contribution in [2.24, 2.45) is 0 Å².